The van der Waals surface area contributed by atoms with Crippen molar-refractivity contribution in [1.29, 1.82) is 0 Å². The summed E-state index contributed by atoms with van der Waals surface area (Å²) in [4.78, 5) is 0. The SMILES string of the molecule is CC(C)C1(Cc2ccc(Br)cc2F)CCCCCN1. The third-order valence-corrected chi connectivity index (χ3v) is 4.90. The van der Waals surface area contributed by atoms with Crippen molar-refractivity contribution in [2.24, 2.45) is 5.92 Å². The van der Waals surface area contributed by atoms with Crippen LogP contribution >= 0.6 is 15.9 Å². The van der Waals surface area contributed by atoms with E-state index in [1.807, 2.05) is 12.1 Å². The average Bonchev–Trinajstić information content (AvgIpc) is 2.59. The van der Waals surface area contributed by atoms with E-state index >= 15 is 0 Å². The fourth-order valence-corrected chi connectivity index (χ4v) is 3.35. The second kappa shape index (κ2) is 6.36. The van der Waals surface area contributed by atoms with Crippen LogP contribution in [-0.4, -0.2) is 12.1 Å². The van der Waals surface area contributed by atoms with Gasteiger partial charge in [0.15, 0.2) is 0 Å². The van der Waals surface area contributed by atoms with Gasteiger partial charge in [-0.15, -0.1) is 0 Å². The molecule has 106 valence electrons. The Morgan fingerprint density at radius 2 is 2.11 bits per heavy atom. The molecule has 3 heteroatoms. The summed E-state index contributed by atoms with van der Waals surface area (Å²) >= 11 is 3.32. The van der Waals surface area contributed by atoms with E-state index in [4.69, 9.17) is 0 Å². The van der Waals surface area contributed by atoms with Gasteiger partial charge in [0, 0.05) is 10.0 Å². The van der Waals surface area contributed by atoms with Crippen LogP contribution in [0.3, 0.4) is 0 Å². The topological polar surface area (TPSA) is 12.0 Å². The van der Waals surface area contributed by atoms with Crippen LogP contribution < -0.4 is 5.32 Å². The molecule has 1 aromatic carbocycles. The summed E-state index contributed by atoms with van der Waals surface area (Å²) in [6.45, 7) is 5.54. The summed E-state index contributed by atoms with van der Waals surface area (Å²) < 4.78 is 14.9. The van der Waals surface area contributed by atoms with Gasteiger partial charge in [0.25, 0.3) is 0 Å². The van der Waals surface area contributed by atoms with Crippen LogP contribution in [0.15, 0.2) is 22.7 Å². The van der Waals surface area contributed by atoms with E-state index < -0.39 is 0 Å². The lowest BCUT2D eigenvalue weighted by molar-refractivity contribution is 0.224. The second-order valence-corrected chi connectivity index (χ2v) is 6.88. The highest BCUT2D eigenvalue weighted by molar-refractivity contribution is 9.10. The van der Waals surface area contributed by atoms with Gasteiger partial charge in [-0.2, -0.15) is 0 Å². The minimum Gasteiger partial charge on any atom is -0.311 e. The van der Waals surface area contributed by atoms with Gasteiger partial charge < -0.3 is 5.32 Å². The van der Waals surface area contributed by atoms with Crippen molar-refractivity contribution in [2.45, 2.75) is 51.5 Å². The van der Waals surface area contributed by atoms with E-state index in [0.29, 0.717) is 5.92 Å². The van der Waals surface area contributed by atoms with Crippen molar-refractivity contribution in [3.05, 3.63) is 34.1 Å². The third kappa shape index (κ3) is 3.57. The summed E-state index contributed by atoms with van der Waals surface area (Å²) in [5.74, 6) is 0.411. The van der Waals surface area contributed by atoms with Gasteiger partial charge in [-0.3, -0.25) is 0 Å². The molecule has 1 aromatic rings. The van der Waals surface area contributed by atoms with Crippen molar-refractivity contribution in [3.63, 3.8) is 0 Å². The molecule has 19 heavy (non-hydrogen) atoms. The highest BCUT2D eigenvalue weighted by Crippen LogP contribution is 2.31. The molecule has 0 amide bonds. The number of benzene rings is 1. The van der Waals surface area contributed by atoms with E-state index in [-0.39, 0.29) is 11.4 Å². The van der Waals surface area contributed by atoms with Gasteiger partial charge in [0.2, 0.25) is 0 Å². The third-order valence-electron chi connectivity index (χ3n) is 4.40. The number of hydrogen-bond donors (Lipinski definition) is 1. The molecule has 0 spiro atoms. The van der Waals surface area contributed by atoms with Gasteiger partial charge >= 0.3 is 0 Å². The molecule has 1 N–H and O–H groups in total. The maximum absolute atomic E-state index is 14.1. The molecule has 0 bridgehead atoms. The van der Waals surface area contributed by atoms with Crippen LogP contribution in [0.25, 0.3) is 0 Å². The Kier molecular flexibility index (Phi) is 5.02. The summed E-state index contributed by atoms with van der Waals surface area (Å²) in [5.41, 5.74) is 0.872. The quantitative estimate of drug-likeness (QED) is 0.849. The number of halogens is 2. The van der Waals surface area contributed by atoms with Crippen LogP contribution in [0.5, 0.6) is 0 Å². The van der Waals surface area contributed by atoms with E-state index in [1.54, 1.807) is 6.07 Å². The zero-order valence-electron chi connectivity index (χ0n) is 11.8. The maximum atomic E-state index is 14.1. The molecule has 1 nitrogen and oxygen atoms in total. The molecule has 1 heterocycles. The van der Waals surface area contributed by atoms with Crippen LogP contribution in [0.4, 0.5) is 4.39 Å². The second-order valence-electron chi connectivity index (χ2n) is 5.96. The smallest absolute Gasteiger partial charge is 0.127 e. The highest BCUT2D eigenvalue weighted by Gasteiger charge is 2.34. The number of rotatable bonds is 3. The van der Waals surface area contributed by atoms with Crippen LogP contribution in [0.2, 0.25) is 0 Å². The standard InChI is InChI=1S/C16H23BrFN/c1-12(2)16(8-4-3-5-9-19-16)11-13-6-7-14(17)10-15(13)18/h6-7,10,12,19H,3-5,8-9,11H2,1-2H3. The van der Waals surface area contributed by atoms with Crippen molar-refractivity contribution < 1.29 is 4.39 Å². The first kappa shape index (κ1) is 15.0. The van der Waals surface area contributed by atoms with E-state index in [2.05, 4.69) is 35.1 Å². The fraction of sp³-hybridized carbons (Fsp3) is 0.625. The zero-order chi connectivity index (χ0) is 13.9. The van der Waals surface area contributed by atoms with Crippen molar-refractivity contribution in [3.8, 4) is 0 Å². The van der Waals surface area contributed by atoms with E-state index in [1.165, 1.54) is 19.3 Å². The van der Waals surface area contributed by atoms with Crippen molar-refractivity contribution in [1.82, 2.24) is 5.32 Å². The monoisotopic (exact) mass is 327 g/mol. The Hall–Kier alpha value is -0.410. The lowest BCUT2D eigenvalue weighted by Gasteiger charge is -2.38. The maximum Gasteiger partial charge on any atom is 0.127 e. The summed E-state index contributed by atoms with van der Waals surface area (Å²) in [6, 6.07) is 5.42. The first-order chi connectivity index (χ1) is 9.03. The molecular weight excluding hydrogens is 305 g/mol. The van der Waals surface area contributed by atoms with Crippen LogP contribution in [0, 0.1) is 11.7 Å². The molecule has 1 aliphatic rings. The Morgan fingerprint density at radius 3 is 2.79 bits per heavy atom. The van der Waals surface area contributed by atoms with Gasteiger partial charge in [0.05, 0.1) is 0 Å². The molecule has 0 saturated carbocycles. The lowest BCUT2D eigenvalue weighted by atomic mass is 9.77. The zero-order valence-corrected chi connectivity index (χ0v) is 13.4. The largest absolute Gasteiger partial charge is 0.311 e. The van der Waals surface area contributed by atoms with Gasteiger partial charge in [0.1, 0.15) is 5.82 Å². The molecule has 0 aliphatic carbocycles. The molecule has 1 unspecified atom stereocenters. The first-order valence-corrected chi connectivity index (χ1v) is 8.02. The number of nitrogens with one attached hydrogen (secondary N) is 1. The molecule has 1 atom stereocenters. The van der Waals surface area contributed by atoms with Crippen molar-refractivity contribution in [2.75, 3.05) is 6.54 Å². The normalized spacial score (nSPS) is 24.5. The van der Waals surface area contributed by atoms with Crippen LogP contribution in [0.1, 0.15) is 45.1 Å². The van der Waals surface area contributed by atoms with E-state index in [9.17, 15) is 4.39 Å². The molecular formula is C16H23BrFN. The summed E-state index contributed by atoms with van der Waals surface area (Å²) in [5, 5.41) is 3.71. The minimum absolute atomic E-state index is 0.0468. The predicted octanol–water partition coefficient (Wildman–Crippen LogP) is 4.69. The van der Waals surface area contributed by atoms with E-state index in [0.717, 1.165) is 29.4 Å². The van der Waals surface area contributed by atoms with Gasteiger partial charge in [-0.05, 0) is 49.4 Å². The Balaban J connectivity index is 2.24. The molecule has 1 saturated heterocycles. The van der Waals surface area contributed by atoms with Crippen LogP contribution in [-0.2, 0) is 6.42 Å². The molecule has 2 rings (SSSR count). The highest BCUT2D eigenvalue weighted by atomic mass is 79.9. The van der Waals surface area contributed by atoms with Crippen molar-refractivity contribution >= 4 is 15.9 Å². The predicted molar refractivity (Wildman–Crippen MR) is 81.8 cm³/mol. The lowest BCUT2D eigenvalue weighted by Crippen LogP contribution is -2.51. The Morgan fingerprint density at radius 1 is 1.32 bits per heavy atom. The molecule has 0 radical (unpaired) electrons. The number of hydrogen-bond acceptors (Lipinski definition) is 1. The molecule has 0 aromatic heterocycles. The molecule has 1 fully saturated rings. The fourth-order valence-electron chi connectivity index (χ4n) is 3.02. The Bertz CT molecular complexity index is 423. The average molecular weight is 328 g/mol. The summed E-state index contributed by atoms with van der Waals surface area (Å²) in [7, 11) is 0. The molecule has 1 aliphatic heterocycles. The van der Waals surface area contributed by atoms with Gasteiger partial charge in [-0.25, -0.2) is 4.39 Å². The first-order valence-electron chi connectivity index (χ1n) is 7.22. The minimum atomic E-state index is -0.0968. The summed E-state index contributed by atoms with van der Waals surface area (Å²) in [6.07, 6.45) is 5.68. The van der Waals surface area contributed by atoms with Gasteiger partial charge in [-0.1, -0.05) is 48.7 Å². The Labute approximate surface area is 124 Å².